The molecule has 0 aliphatic heterocycles. The lowest BCUT2D eigenvalue weighted by Crippen LogP contribution is -1.98. The lowest BCUT2D eigenvalue weighted by molar-refractivity contribution is 0.127. The van der Waals surface area contributed by atoms with Crippen LogP contribution in [0.5, 0.6) is 0 Å². The maximum Gasteiger partial charge on any atom is 0.0466 e. The maximum atomic E-state index is 5.54. The van der Waals surface area contributed by atoms with Gasteiger partial charge in [-0.25, -0.2) is 0 Å². The number of ether oxygens (including phenoxy) is 1. The van der Waals surface area contributed by atoms with Crippen LogP contribution in [-0.4, -0.2) is 13.2 Å². The Kier molecular flexibility index (Phi) is 7.52. The van der Waals surface area contributed by atoms with E-state index in [0.717, 1.165) is 26.1 Å². The minimum absolute atomic E-state index is 0.462. The first-order valence-electron chi connectivity index (χ1n) is 6.11. The van der Waals surface area contributed by atoms with Gasteiger partial charge in [0.15, 0.2) is 0 Å². The summed E-state index contributed by atoms with van der Waals surface area (Å²) in [5, 5.41) is 0. The van der Waals surface area contributed by atoms with Gasteiger partial charge >= 0.3 is 0 Å². The SMILES string of the molecule is CCCCOCCCC(Br)c1ccccc1. The molecule has 0 N–H and O–H groups in total. The first-order valence-corrected chi connectivity index (χ1v) is 7.03. The third-order valence-corrected chi connectivity index (χ3v) is 3.54. The van der Waals surface area contributed by atoms with E-state index in [1.165, 1.54) is 18.4 Å². The summed E-state index contributed by atoms with van der Waals surface area (Å²) in [5.41, 5.74) is 1.36. The van der Waals surface area contributed by atoms with Gasteiger partial charge in [-0.2, -0.15) is 0 Å². The molecule has 0 amide bonds. The van der Waals surface area contributed by atoms with Crippen LogP contribution < -0.4 is 0 Å². The minimum atomic E-state index is 0.462. The molecule has 90 valence electrons. The number of rotatable bonds is 8. The van der Waals surface area contributed by atoms with E-state index >= 15 is 0 Å². The Balaban J connectivity index is 2.09. The lowest BCUT2D eigenvalue weighted by Gasteiger charge is -2.10. The molecule has 1 rings (SSSR count). The highest BCUT2D eigenvalue weighted by Crippen LogP contribution is 2.27. The van der Waals surface area contributed by atoms with Gasteiger partial charge in [0, 0.05) is 18.0 Å². The summed E-state index contributed by atoms with van der Waals surface area (Å²) >= 11 is 3.71. The number of benzene rings is 1. The van der Waals surface area contributed by atoms with E-state index in [-0.39, 0.29) is 0 Å². The third kappa shape index (κ3) is 5.66. The van der Waals surface area contributed by atoms with Gasteiger partial charge in [-0.05, 0) is 24.8 Å². The summed E-state index contributed by atoms with van der Waals surface area (Å²) < 4.78 is 5.54. The Morgan fingerprint density at radius 1 is 1.12 bits per heavy atom. The van der Waals surface area contributed by atoms with E-state index in [9.17, 15) is 0 Å². The fraction of sp³-hybridized carbons (Fsp3) is 0.571. The van der Waals surface area contributed by atoms with Crippen LogP contribution in [0.1, 0.15) is 43.0 Å². The summed E-state index contributed by atoms with van der Waals surface area (Å²) in [4.78, 5) is 0.462. The molecule has 0 radical (unpaired) electrons. The second-order valence-electron chi connectivity index (χ2n) is 3.99. The second kappa shape index (κ2) is 8.77. The maximum absolute atomic E-state index is 5.54. The van der Waals surface area contributed by atoms with Gasteiger partial charge in [0.2, 0.25) is 0 Å². The van der Waals surface area contributed by atoms with E-state index in [2.05, 4.69) is 53.2 Å². The van der Waals surface area contributed by atoms with Crippen molar-refractivity contribution < 1.29 is 4.74 Å². The molecule has 1 atom stereocenters. The molecule has 0 saturated carbocycles. The Labute approximate surface area is 107 Å². The predicted octanol–water partition coefficient (Wildman–Crippen LogP) is 4.72. The largest absolute Gasteiger partial charge is 0.381 e. The van der Waals surface area contributed by atoms with Gasteiger partial charge < -0.3 is 4.74 Å². The molecule has 0 bridgehead atoms. The summed E-state index contributed by atoms with van der Waals surface area (Å²) in [6, 6.07) is 10.6. The molecule has 16 heavy (non-hydrogen) atoms. The normalized spacial score (nSPS) is 12.6. The summed E-state index contributed by atoms with van der Waals surface area (Å²) in [6.45, 7) is 3.98. The van der Waals surface area contributed by atoms with E-state index in [4.69, 9.17) is 4.74 Å². The summed E-state index contributed by atoms with van der Waals surface area (Å²) in [6.07, 6.45) is 4.65. The average Bonchev–Trinajstić information content (AvgIpc) is 2.34. The van der Waals surface area contributed by atoms with E-state index in [1.807, 2.05) is 0 Å². The molecule has 0 aliphatic rings. The van der Waals surface area contributed by atoms with Crippen LogP contribution in [0.3, 0.4) is 0 Å². The van der Waals surface area contributed by atoms with Crippen LogP contribution in [0.2, 0.25) is 0 Å². The zero-order valence-electron chi connectivity index (χ0n) is 9.99. The van der Waals surface area contributed by atoms with Crippen molar-refractivity contribution in [2.45, 2.75) is 37.4 Å². The number of halogens is 1. The minimum Gasteiger partial charge on any atom is -0.381 e. The Morgan fingerprint density at radius 2 is 1.81 bits per heavy atom. The molecule has 0 fully saturated rings. The number of hydrogen-bond donors (Lipinski definition) is 0. The van der Waals surface area contributed by atoms with Crippen molar-refractivity contribution in [3.63, 3.8) is 0 Å². The Morgan fingerprint density at radius 3 is 2.50 bits per heavy atom. The number of unbranched alkanes of at least 4 members (excludes halogenated alkanes) is 1. The molecule has 0 aromatic heterocycles. The van der Waals surface area contributed by atoms with E-state index in [0.29, 0.717) is 4.83 Å². The average molecular weight is 285 g/mol. The number of alkyl halides is 1. The van der Waals surface area contributed by atoms with Crippen LogP contribution in [-0.2, 0) is 4.74 Å². The lowest BCUT2D eigenvalue weighted by atomic mass is 10.1. The Bertz CT molecular complexity index is 261. The number of hydrogen-bond acceptors (Lipinski definition) is 1. The third-order valence-electron chi connectivity index (χ3n) is 2.55. The molecule has 1 aromatic rings. The van der Waals surface area contributed by atoms with Crippen molar-refractivity contribution in [3.05, 3.63) is 35.9 Å². The fourth-order valence-electron chi connectivity index (χ4n) is 1.54. The topological polar surface area (TPSA) is 9.23 Å². The molecular formula is C14H21BrO. The van der Waals surface area contributed by atoms with Gasteiger partial charge in [-0.15, -0.1) is 0 Å². The van der Waals surface area contributed by atoms with Crippen LogP contribution in [0.4, 0.5) is 0 Å². The molecule has 0 saturated heterocycles. The molecule has 1 nitrogen and oxygen atoms in total. The molecule has 0 spiro atoms. The van der Waals surface area contributed by atoms with Crippen LogP contribution in [0.15, 0.2) is 30.3 Å². The fourth-order valence-corrected chi connectivity index (χ4v) is 2.17. The quantitative estimate of drug-likeness (QED) is 0.496. The van der Waals surface area contributed by atoms with Crippen LogP contribution in [0, 0.1) is 0 Å². The van der Waals surface area contributed by atoms with Crippen molar-refractivity contribution in [2.24, 2.45) is 0 Å². The second-order valence-corrected chi connectivity index (χ2v) is 5.09. The molecule has 0 heterocycles. The van der Waals surface area contributed by atoms with Crippen molar-refractivity contribution in [3.8, 4) is 0 Å². The monoisotopic (exact) mass is 284 g/mol. The first kappa shape index (κ1) is 13.7. The molecule has 1 aromatic carbocycles. The van der Waals surface area contributed by atoms with Gasteiger partial charge in [0.25, 0.3) is 0 Å². The van der Waals surface area contributed by atoms with E-state index in [1.54, 1.807) is 0 Å². The highest BCUT2D eigenvalue weighted by molar-refractivity contribution is 9.09. The van der Waals surface area contributed by atoms with Gasteiger partial charge in [-0.3, -0.25) is 0 Å². The van der Waals surface area contributed by atoms with Crippen molar-refractivity contribution in [1.29, 1.82) is 0 Å². The van der Waals surface area contributed by atoms with Crippen LogP contribution in [0.25, 0.3) is 0 Å². The summed E-state index contributed by atoms with van der Waals surface area (Å²) in [5.74, 6) is 0. The highest BCUT2D eigenvalue weighted by Gasteiger charge is 2.05. The molecule has 0 aliphatic carbocycles. The van der Waals surface area contributed by atoms with Gasteiger partial charge in [0.05, 0.1) is 0 Å². The van der Waals surface area contributed by atoms with Crippen molar-refractivity contribution in [2.75, 3.05) is 13.2 Å². The zero-order valence-corrected chi connectivity index (χ0v) is 11.6. The van der Waals surface area contributed by atoms with E-state index < -0.39 is 0 Å². The molecule has 1 unspecified atom stereocenters. The Hall–Kier alpha value is -0.340. The standard InChI is InChI=1S/C14H21BrO/c1-2-3-11-16-12-7-10-14(15)13-8-5-4-6-9-13/h4-6,8-9,14H,2-3,7,10-12H2,1H3. The highest BCUT2D eigenvalue weighted by atomic mass is 79.9. The van der Waals surface area contributed by atoms with Crippen molar-refractivity contribution >= 4 is 15.9 Å². The van der Waals surface area contributed by atoms with Gasteiger partial charge in [0.1, 0.15) is 0 Å². The zero-order chi connectivity index (χ0) is 11.6. The van der Waals surface area contributed by atoms with Crippen LogP contribution >= 0.6 is 15.9 Å². The smallest absolute Gasteiger partial charge is 0.0466 e. The predicted molar refractivity (Wildman–Crippen MR) is 73.1 cm³/mol. The van der Waals surface area contributed by atoms with Gasteiger partial charge in [-0.1, -0.05) is 59.6 Å². The summed E-state index contributed by atoms with van der Waals surface area (Å²) in [7, 11) is 0. The molecular weight excluding hydrogens is 264 g/mol. The molecule has 2 heteroatoms. The first-order chi connectivity index (χ1) is 7.84. The van der Waals surface area contributed by atoms with Crippen molar-refractivity contribution in [1.82, 2.24) is 0 Å².